The van der Waals surface area contributed by atoms with E-state index in [9.17, 15) is 4.79 Å². The van der Waals surface area contributed by atoms with Gasteiger partial charge in [-0.15, -0.1) is 11.3 Å². The first kappa shape index (κ1) is 15.1. The number of benzene rings is 1. The molecule has 0 unspecified atom stereocenters. The maximum absolute atomic E-state index is 11.4. The molecule has 0 fully saturated rings. The average molecular weight is 331 g/mol. The highest BCUT2D eigenvalue weighted by Gasteiger charge is 2.09. The average Bonchev–Trinajstić information content (AvgIpc) is 2.81. The fraction of sp³-hybridized carbons (Fsp3) is 0.231. The van der Waals surface area contributed by atoms with Crippen LogP contribution in [0.1, 0.15) is 12.6 Å². The third kappa shape index (κ3) is 4.10. The van der Waals surface area contributed by atoms with Gasteiger partial charge in [0.25, 0.3) is 0 Å². The van der Waals surface area contributed by atoms with Crippen LogP contribution in [0, 0.1) is 0 Å². The number of aromatic nitrogens is 1. The Morgan fingerprint density at radius 1 is 1.45 bits per heavy atom. The lowest BCUT2D eigenvalue weighted by Gasteiger charge is -2.05. The molecule has 1 heterocycles. The Kier molecular flexibility index (Phi) is 5.23. The molecule has 0 saturated carbocycles. The van der Waals surface area contributed by atoms with Gasteiger partial charge in [-0.3, -0.25) is 4.79 Å². The smallest absolute Gasteiger partial charge is 0.311 e. The van der Waals surface area contributed by atoms with E-state index in [0.717, 1.165) is 0 Å². The van der Waals surface area contributed by atoms with Crippen LogP contribution in [-0.2, 0) is 16.0 Å². The summed E-state index contributed by atoms with van der Waals surface area (Å²) >= 11 is 13.4. The van der Waals surface area contributed by atoms with E-state index in [0.29, 0.717) is 33.2 Å². The number of thiazole rings is 1. The van der Waals surface area contributed by atoms with Crippen molar-refractivity contribution in [2.75, 3.05) is 11.9 Å². The van der Waals surface area contributed by atoms with Crippen molar-refractivity contribution in [3.63, 3.8) is 0 Å². The Hall–Kier alpha value is -1.30. The molecule has 0 aliphatic heterocycles. The minimum atomic E-state index is -0.287. The van der Waals surface area contributed by atoms with E-state index in [2.05, 4.69) is 10.3 Å². The van der Waals surface area contributed by atoms with Gasteiger partial charge in [-0.05, 0) is 25.1 Å². The maximum atomic E-state index is 11.4. The zero-order valence-electron chi connectivity index (χ0n) is 10.7. The van der Waals surface area contributed by atoms with Crippen molar-refractivity contribution in [2.24, 2.45) is 0 Å². The fourth-order valence-corrected chi connectivity index (χ4v) is 2.57. The Morgan fingerprint density at radius 3 is 3.00 bits per heavy atom. The lowest BCUT2D eigenvalue weighted by molar-refractivity contribution is -0.142. The highest BCUT2D eigenvalue weighted by atomic mass is 35.5. The summed E-state index contributed by atoms with van der Waals surface area (Å²) < 4.78 is 4.87. The molecule has 1 aromatic heterocycles. The maximum Gasteiger partial charge on any atom is 0.311 e. The molecule has 7 heteroatoms. The van der Waals surface area contributed by atoms with Crippen LogP contribution in [-0.4, -0.2) is 17.6 Å². The molecule has 0 saturated heterocycles. The number of nitrogens with zero attached hydrogens (tertiary/aromatic N) is 1. The molecule has 0 bridgehead atoms. The third-order valence-corrected chi connectivity index (χ3v) is 3.72. The van der Waals surface area contributed by atoms with Crippen molar-refractivity contribution in [3.05, 3.63) is 39.3 Å². The summed E-state index contributed by atoms with van der Waals surface area (Å²) in [5.74, 6) is -0.287. The topological polar surface area (TPSA) is 51.2 Å². The van der Waals surface area contributed by atoms with E-state index in [1.807, 2.05) is 0 Å². The molecule has 1 aromatic carbocycles. The molecule has 0 amide bonds. The fourth-order valence-electron chi connectivity index (χ4n) is 1.51. The van der Waals surface area contributed by atoms with Crippen molar-refractivity contribution in [3.8, 4) is 0 Å². The predicted molar refractivity (Wildman–Crippen MR) is 82.2 cm³/mol. The van der Waals surface area contributed by atoms with Gasteiger partial charge in [0.2, 0.25) is 0 Å². The van der Waals surface area contributed by atoms with Crippen LogP contribution in [0.4, 0.5) is 10.8 Å². The van der Waals surface area contributed by atoms with Crippen LogP contribution in [0.3, 0.4) is 0 Å². The zero-order chi connectivity index (χ0) is 14.5. The first-order valence-electron chi connectivity index (χ1n) is 5.90. The van der Waals surface area contributed by atoms with E-state index in [1.165, 1.54) is 11.3 Å². The minimum absolute atomic E-state index is 0.162. The Balaban J connectivity index is 2.06. The molecular formula is C13H12Cl2N2O2S. The second-order valence-corrected chi connectivity index (χ2v) is 5.58. The highest BCUT2D eigenvalue weighted by Crippen LogP contribution is 2.29. The second kappa shape index (κ2) is 6.92. The molecule has 0 spiro atoms. The van der Waals surface area contributed by atoms with Gasteiger partial charge in [0.15, 0.2) is 5.13 Å². The van der Waals surface area contributed by atoms with Crippen LogP contribution in [0.25, 0.3) is 0 Å². The molecule has 0 radical (unpaired) electrons. The van der Waals surface area contributed by atoms with Gasteiger partial charge < -0.3 is 10.1 Å². The first-order chi connectivity index (χ1) is 9.58. The summed E-state index contributed by atoms with van der Waals surface area (Å²) in [5.41, 5.74) is 1.34. The Morgan fingerprint density at radius 2 is 2.25 bits per heavy atom. The molecule has 0 aliphatic carbocycles. The first-order valence-corrected chi connectivity index (χ1v) is 7.54. The van der Waals surface area contributed by atoms with Crippen molar-refractivity contribution < 1.29 is 9.53 Å². The van der Waals surface area contributed by atoms with Gasteiger partial charge >= 0.3 is 5.97 Å². The largest absolute Gasteiger partial charge is 0.466 e. The monoisotopic (exact) mass is 330 g/mol. The summed E-state index contributed by atoms with van der Waals surface area (Å²) in [5, 5.41) is 6.66. The van der Waals surface area contributed by atoms with Crippen LogP contribution >= 0.6 is 34.5 Å². The van der Waals surface area contributed by atoms with E-state index >= 15 is 0 Å². The number of hydrogen-bond donors (Lipinski definition) is 1. The molecule has 106 valence electrons. The number of halogens is 2. The zero-order valence-corrected chi connectivity index (χ0v) is 13.0. The molecule has 1 N–H and O–H groups in total. The number of nitrogens with one attached hydrogen (secondary N) is 1. The van der Waals surface area contributed by atoms with Crippen LogP contribution < -0.4 is 5.32 Å². The van der Waals surface area contributed by atoms with Gasteiger partial charge in [0.05, 0.1) is 29.4 Å². The van der Waals surface area contributed by atoms with Crippen molar-refractivity contribution >= 4 is 51.3 Å². The van der Waals surface area contributed by atoms with Crippen molar-refractivity contribution in [1.82, 2.24) is 4.98 Å². The molecule has 4 nitrogen and oxygen atoms in total. The lowest BCUT2D eigenvalue weighted by atomic mass is 10.3. The number of anilines is 2. The Labute approximate surface area is 130 Å². The molecule has 2 aromatic rings. The lowest BCUT2D eigenvalue weighted by Crippen LogP contribution is -2.07. The van der Waals surface area contributed by atoms with E-state index in [1.54, 1.807) is 30.5 Å². The number of carbonyl (C=O) groups excluding carboxylic acids is 1. The van der Waals surface area contributed by atoms with Crippen LogP contribution in [0.5, 0.6) is 0 Å². The van der Waals surface area contributed by atoms with Gasteiger partial charge in [-0.25, -0.2) is 4.98 Å². The summed E-state index contributed by atoms with van der Waals surface area (Å²) in [7, 11) is 0. The predicted octanol–water partition coefficient (Wildman–Crippen LogP) is 4.30. The Bertz CT molecular complexity index is 616. The van der Waals surface area contributed by atoms with Crippen molar-refractivity contribution in [2.45, 2.75) is 13.3 Å². The van der Waals surface area contributed by atoms with Gasteiger partial charge in [0.1, 0.15) is 0 Å². The van der Waals surface area contributed by atoms with E-state index < -0.39 is 0 Å². The minimum Gasteiger partial charge on any atom is -0.466 e. The number of esters is 1. The normalized spacial score (nSPS) is 10.3. The molecule has 2 rings (SSSR count). The van der Waals surface area contributed by atoms with E-state index in [-0.39, 0.29) is 12.4 Å². The van der Waals surface area contributed by atoms with Crippen LogP contribution in [0.2, 0.25) is 10.0 Å². The van der Waals surface area contributed by atoms with E-state index in [4.69, 9.17) is 27.9 Å². The van der Waals surface area contributed by atoms with Crippen LogP contribution in [0.15, 0.2) is 23.6 Å². The number of hydrogen-bond acceptors (Lipinski definition) is 5. The van der Waals surface area contributed by atoms with Gasteiger partial charge in [-0.2, -0.15) is 0 Å². The number of rotatable bonds is 5. The third-order valence-electron chi connectivity index (χ3n) is 2.35. The summed E-state index contributed by atoms with van der Waals surface area (Å²) in [4.78, 5) is 15.7. The molecular weight excluding hydrogens is 319 g/mol. The molecule has 20 heavy (non-hydrogen) atoms. The highest BCUT2D eigenvalue weighted by molar-refractivity contribution is 7.13. The summed E-state index contributed by atoms with van der Waals surface area (Å²) in [6.07, 6.45) is 0.162. The summed E-state index contributed by atoms with van der Waals surface area (Å²) in [6, 6.07) is 5.14. The second-order valence-electron chi connectivity index (χ2n) is 3.87. The number of carbonyl (C=O) groups is 1. The number of ether oxygens (including phenoxy) is 1. The van der Waals surface area contributed by atoms with Crippen molar-refractivity contribution in [1.29, 1.82) is 0 Å². The standard InChI is InChI=1S/C13H12Cl2N2O2S/c1-2-19-12(18)6-9-7-20-13(16-9)17-11-5-8(14)3-4-10(11)15/h3-5,7H,2,6H2,1H3,(H,16,17). The molecule has 0 aliphatic rings. The van der Waals surface area contributed by atoms with Gasteiger partial charge in [-0.1, -0.05) is 23.2 Å². The van der Waals surface area contributed by atoms with Gasteiger partial charge in [0, 0.05) is 10.4 Å². The molecule has 0 atom stereocenters. The quantitative estimate of drug-likeness (QED) is 0.830. The summed E-state index contributed by atoms with van der Waals surface area (Å²) in [6.45, 7) is 2.14. The SMILES string of the molecule is CCOC(=O)Cc1csc(Nc2cc(Cl)ccc2Cl)n1.